The van der Waals surface area contributed by atoms with E-state index in [0.717, 1.165) is 32.0 Å². The lowest BCUT2D eigenvalue weighted by Gasteiger charge is -2.36. The van der Waals surface area contributed by atoms with E-state index in [1.807, 2.05) is 0 Å². The summed E-state index contributed by atoms with van der Waals surface area (Å²) in [5.74, 6) is 0. The maximum atomic E-state index is 10.3. The molecule has 1 saturated heterocycles. The van der Waals surface area contributed by atoms with Crippen molar-refractivity contribution < 1.29 is 10.0 Å². The number of aldehydes is 1. The van der Waals surface area contributed by atoms with Crippen LogP contribution in [-0.2, 0) is 4.79 Å². The highest BCUT2D eigenvalue weighted by Gasteiger charge is 2.27. The van der Waals surface area contributed by atoms with Gasteiger partial charge in [0.25, 0.3) is 0 Å². The molecule has 1 rings (SSSR count). The highest BCUT2D eigenvalue weighted by atomic mass is 16.5. The van der Waals surface area contributed by atoms with Crippen LogP contribution in [0.1, 0.15) is 39.0 Å². The lowest BCUT2D eigenvalue weighted by Crippen LogP contribution is -2.44. The largest absolute Gasteiger partial charge is 0.313 e. The first kappa shape index (κ1) is 9.68. The molecule has 2 unspecified atom stereocenters. The molecule has 2 atom stereocenters. The molecule has 0 bridgehead atoms. The predicted molar refractivity (Wildman–Crippen MR) is 46.0 cm³/mol. The second kappa shape index (κ2) is 4.58. The van der Waals surface area contributed by atoms with Gasteiger partial charge >= 0.3 is 0 Å². The van der Waals surface area contributed by atoms with Crippen LogP contribution in [0.5, 0.6) is 0 Å². The first-order valence-corrected chi connectivity index (χ1v) is 4.70. The Morgan fingerprint density at radius 3 is 2.75 bits per heavy atom. The summed E-state index contributed by atoms with van der Waals surface area (Å²) in [4.78, 5) is 10.3. The number of hydrogen-bond acceptors (Lipinski definition) is 3. The number of nitrogens with zero attached hydrogens (tertiary/aromatic N) is 1. The molecule has 1 fully saturated rings. The molecule has 1 aliphatic rings. The molecule has 0 amide bonds. The fourth-order valence-corrected chi connectivity index (χ4v) is 1.88. The fourth-order valence-electron chi connectivity index (χ4n) is 1.88. The zero-order valence-corrected chi connectivity index (χ0v) is 7.57. The smallest absolute Gasteiger partial charge is 0.121 e. The predicted octanol–water partition coefficient (Wildman–Crippen LogP) is 1.60. The van der Waals surface area contributed by atoms with E-state index in [1.165, 1.54) is 5.06 Å². The Bertz CT molecular complexity index is 149. The van der Waals surface area contributed by atoms with Gasteiger partial charge in [0.15, 0.2) is 0 Å². The Labute approximate surface area is 73.3 Å². The SMILES string of the molecule is CCC1CCCC(CC=O)N1O. The average Bonchev–Trinajstić information content (AvgIpc) is 2.09. The van der Waals surface area contributed by atoms with Crippen LogP contribution in [0.2, 0.25) is 0 Å². The zero-order valence-electron chi connectivity index (χ0n) is 7.57. The van der Waals surface area contributed by atoms with E-state index in [1.54, 1.807) is 0 Å². The van der Waals surface area contributed by atoms with Gasteiger partial charge in [0.1, 0.15) is 6.29 Å². The molecule has 1 heterocycles. The molecular formula is C9H17NO2. The quantitative estimate of drug-likeness (QED) is 0.656. The Balaban J connectivity index is 2.46. The van der Waals surface area contributed by atoms with Crippen LogP contribution in [-0.4, -0.2) is 28.6 Å². The fraction of sp³-hybridized carbons (Fsp3) is 0.889. The Morgan fingerprint density at radius 1 is 1.50 bits per heavy atom. The third kappa shape index (κ3) is 2.05. The molecular weight excluding hydrogens is 154 g/mol. The molecule has 0 spiro atoms. The number of hydroxylamine groups is 2. The van der Waals surface area contributed by atoms with E-state index < -0.39 is 0 Å². The molecule has 12 heavy (non-hydrogen) atoms. The summed E-state index contributed by atoms with van der Waals surface area (Å²) >= 11 is 0. The molecule has 70 valence electrons. The molecule has 0 radical (unpaired) electrons. The first-order chi connectivity index (χ1) is 5.79. The summed E-state index contributed by atoms with van der Waals surface area (Å²) in [6, 6.07) is 0.338. The highest BCUT2D eigenvalue weighted by Crippen LogP contribution is 2.24. The van der Waals surface area contributed by atoms with Crippen LogP contribution in [0, 0.1) is 0 Å². The van der Waals surface area contributed by atoms with Gasteiger partial charge < -0.3 is 10.0 Å². The van der Waals surface area contributed by atoms with Crippen molar-refractivity contribution in [1.29, 1.82) is 0 Å². The topological polar surface area (TPSA) is 40.5 Å². The Hall–Kier alpha value is -0.410. The molecule has 0 saturated carbocycles. The number of hydrogen-bond donors (Lipinski definition) is 1. The van der Waals surface area contributed by atoms with Crippen molar-refractivity contribution in [3.05, 3.63) is 0 Å². The molecule has 0 aromatic carbocycles. The zero-order chi connectivity index (χ0) is 8.97. The van der Waals surface area contributed by atoms with Crippen LogP contribution < -0.4 is 0 Å². The molecule has 0 aromatic rings. The lowest BCUT2D eigenvalue weighted by molar-refractivity contribution is -0.179. The van der Waals surface area contributed by atoms with Crippen molar-refractivity contribution >= 4 is 6.29 Å². The third-order valence-electron chi connectivity index (χ3n) is 2.66. The number of rotatable bonds is 3. The molecule has 0 aliphatic carbocycles. The average molecular weight is 171 g/mol. The summed E-state index contributed by atoms with van der Waals surface area (Å²) < 4.78 is 0. The van der Waals surface area contributed by atoms with Crippen molar-refractivity contribution in [2.45, 2.75) is 51.1 Å². The van der Waals surface area contributed by atoms with Crippen molar-refractivity contribution in [3.63, 3.8) is 0 Å². The second-order valence-electron chi connectivity index (χ2n) is 3.43. The Morgan fingerprint density at radius 2 is 2.17 bits per heavy atom. The molecule has 1 aliphatic heterocycles. The number of carbonyl (C=O) groups excluding carboxylic acids is 1. The van der Waals surface area contributed by atoms with E-state index in [4.69, 9.17) is 0 Å². The maximum Gasteiger partial charge on any atom is 0.121 e. The summed E-state index contributed by atoms with van der Waals surface area (Å²) in [6.45, 7) is 2.07. The lowest BCUT2D eigenvalue weighted by atomic mass is 9.95. The third-order valence-corrected chi connectivity index (χ3v) is 2.66. The van der Waals surface area contributed by atoms with Gasteiger partial charge in [0.2, 0.25) is 0 Å². The summed E-state index contributed by atoms with van der Waals surface area (Å²) in [5, 5.41) is 11.0. The first-order valence-electron chi connectivity index (χ1n) is 4.70. The summed E-state index contributed by atoms with van der Waals surface area (Å²) in [6.07, 6.45) is 5.47. The van der Waals surface area contributed by atoms with Gasteiger partial charge in [-0.15, -0.1) is 0 Å². The van der Waals surface area contributed by atoms with E-state index in [2.05, 4.69) is 6.92 Å². The highest BCUT2D eigenvalue weighted by molar-refractivity contribution is 5.50. The number of carbonyl (C=O) groups is 1. The van der Waals surface area contributed by atoms with Gasteiger partial charge in [-0.3, -0.25) is 0 Å². The van der Waals surface area contributed by atoms with E-state index in [9.17, 15) is 10.0 Å². The summed E-state index contributed by atoms with van der Waals surface area (Å²) in [7, 11) is 0. The van der Waals surface area contributed by atoms with Gasteiger partial charge in [0, 0.05) is 18.5 Å². The van der Waals surface area contributed by atoms with Gasteiger partial charge in [-0.25, -0.2) is 0 Å². The van der Waals surface area contributed by atoms with Gasteiger partial charge in [-0.2, -0.15) is 5.06 Å². The Kier molecular flexibility index (Phi) is 3.69. The van der Waals surface area contributed by atoms with Crippen LogP contribution in [0.3, 0.4) is 0 Å². The number of piperidine rings is 1. The minimum Gasteiger partial charge on any atom is -0.313 e. The second-order valence-corrected chi connectivity index (χ2v) is 3.43. The van der Waals surface area contributed by atoms with Crippen molar-refractivity contribution in [2.24, 2.45) is 0 Å². The van der Waals surface area contributed by atoms with Crippen molar-refractivity contribution in [2.75, 3.05) is 0 Å². The van der Waals surface area contributed by atoms with Gasteiger partial charge in [-0.05, 0) is 19.3 Å². The van der Waals surface area contributed by atoms with Crippen molar-refractivity contribution in [3.8, 4) is 0 Å². The van der Waals surface area contributed by atoms with Crippen molar-refractivity contribution in [1.82, 2.24) is 5.06 Å². The monoisotopic (exact) mass is 171 g/mol. The molecule has 1 N–H and O–H groups in total. The van der Waals surface area contributed by atoms with Crippen LogP contribution in [0.4, 0.5) is 0 Å². The minimum absolute atomic E-state index is 0.0706. The maximum absolute atomic E-state index is 10.3. The molecule has 3 nitrogen and oxygen atoms in total. The molecule has 3 heteroatoms. The van der Waals surface area contributed by atoms with E-state index >= 15 is 0 Å². The van der Waals surface area contributed by atoms with Crippen LogP contribution in [0.25, 0.3) is 0 Å². The van der Waals surface area contributed by atoms with Gasteiger partial charge in [-0.1, -0.05) is 13.3 Å². The summed E-state index contributed by atoms with van der Waals surface area (Å²) in [5.41, 5.74) is 0. The van der Waals surface area contributed by atoms with E-state index in [0.29, 0.717) is 6.42 Å². The normalized spacial score (nSPS) is 31.8. The molecule has 0 aromatic heterocycles. The van der Waals surface area contributed by atoms with E-state index in [-0.39, 0.29) is 12.1 Å². The van der Waals surface area contributed by atoms with Gasteiger partial charge in [0.05, 0.1) is 0 Å². The standard InChI is InChI=1S/C9H17NO2/c1-2-8-4-3-5-9(6-7-11)10(8)12/h7-9,12H,2-6H2,1H3. The van der Waals surface area contributed by atoms with Crippen LogP contribution >= 0.6 is 0 Å². The minimum atomic E-state index is 0.0706. The van der Waals surface area contributed by atoms with Crippen LogP contribution in [0.15, 0.2) is 0 Å².